The van der Waals surface area contributed by atoms with Crippen molar-refractivity contribution in [1.82, 2.24) is 20.2 Å². The van der Waals surface area contributed by atoms with Crippen LogP contribution in [0.4, 0.5) is 0 Å². The van der Waals surface area contributed by atoms with Crippen molar-refractivity contribution in [3.05, 3.63) is 58.7 Å². The van der Waals surface area contributed by atoms with E-state index in [4.69, 9.17) is 0 Å². The first-order valence-electron chi connectivity index (χ1n) is 9.66. The van der Waals surface area contributed by atoms with Gasteiger partial charge < -0.3 is 10.2 Å². The van der Waals surface area contributed by atoms with E-state index in [9.17, 15) is 9.59 Å². The Hall–Kier alpha value is -2.58. The molecule has 4 heterocycles. The largest absolute Gasteiger partial charge is 0.355 e. The van der Waals surface area contributed by atoms with E-state index in [1.165, 1.54) is 4.88 Å². The number of thiazole rings is 1. The van der Waals surface area contributed by atoms with Crippen LogP contribution >= 0.6 is 22.7 Å². The summed E-state index contributed by atoms with van der Waals surface area (Å²) in [5.41, 5.74) is 1.61. The predicted molar refractivity (Wildman–Crippen MR) is 115 cm³/mol. The lowest BCUT2D eigenvalue weighted by Gasteiger charge is -2.31. The van der Waals surface area contributed by atoms with Crippen LogP contribution in [0.15, 0.2) is 47.4 Å². The summed E-state index contributed by atoms with van der Waals surface area (Å²) >= 11 is 3.32. The molecule has 0 bridgehead atoms. The Labute approximate surface area is 177 Å². The summed E-state index contributed by atoms with van der Waals surface area (Å²) in [4.78, 5) is 36.6. The quantitative estimate of drug-likeness (QED) is 0.655. The standard InChI is InChI=1S/C21H22N4O2S2/c26-19(23-9-5-17-14-29-20(24-17)18-4-2-12-28-18)15-6-10-25(11-7-15)21(27)16-3-1-8-22-13-16/h1-4,8,12-15H,5-7,9-11H2,(H,23,26). The first-order chi connectivity index (χ1) is 14.2. The number of thiophene rings is 1. The van der Waals surface area contributed by atoms with Crippen molar-refractivity contribution in [2.24, 2.45) is 5.92 Å². The normalized spacial score (nSPS) is 14.7. The monoisotopic (exact) mass is 426 g/mol. The highest BCUT2D eigenvalue weighted by atomic mass is 32.1. The maximum atomic E-state index is 12.5. The Kier molecular flexibility index (Phi) is 6.31. The zero-order chi connectivity index (χ0) is 20.1. The van der Waals surface area contributed by atoms with Crippen LogP contribution in [-0.2, 0) is 11.2 Å². The highest BCUT2D eigenvalue weighted by Gasteiger charge is 2.27. The van der Waals surface area contributed by atoms with Crippen molar-refractivity contribution < 1.29 is 9.59 Å². The molecule has 0 spiro atoms. The third-order valence-corrected chi connectivity index (χ3v) is 6.96. The third-order valence-electron chi connectivity index (χ3n) is 5.03. The molecule has 150 valence electrons. The lowest BCUT2D eigenvalue weighted by molar-refractivity contribution is -0.126. The maximum Gasteiger partial charge on any atom is 0.255 e. The van der Waals surface area contributed by atoms with Gasteiger partial charge in [-0.1, -0.05) is 6.07 Å². The molecule has 3 aromatic rings. The molecule has 1 fully saturated rings. The van der Waals surface area contributed by atoms with Gasteiger partial charge in [0.2, 0.25) is 5.91 Å². The number of aromatic nitrogens is 2. The number of nitrogens with one attached hydrogen (secondary N) is 1. The number of carbonyl (C=O) groups is 2. The Morgan fingerprint density at radius 1 is 1.17 bits per heavy atom. The molecule has 2 amide bonds. The Bertz CT molecular complexity index is 948. The van der Waals surface area contributed by atoms with E-state index in [1.807, 2.05) is 16.3 Å². The van der Waals surface area contributed by atoms with Crippen LogP contribution in [-0.4, -0.2) is 46.3 Å². The number of piperidine rings is 1. The van der Waals surface area contributed by atoms with Crippen molar-refractivity contribution in [3.8, 4) is 9.88 Å². The number of carbonyl (C=O) groups excluding carboxylic acids is 2. The predicted octanol–water partition coefficient (Wildman–Crippen LogP) is 3.48. The Morgan fingerprint density at radius 2 is 2.03 bits per heavy atom. The summed E-state index contributed by atoms with van der Waals surface area (Å²) in [6, 6.07) is 7.63. The van der Waals surface area contributed by atoms with Gasteiger partial charge >= 0.3 is 0 Å². The zero-order valence-electron chi connectivity index (χ0n) is 15.9. The topological polar surface area (TPSA) is 75.2 Å². The van der Waals surface area contributed by atoms with Gasteiger partial charge in [0.25, 0.3) is 5.91 Å². The summed E-state index contributed by atoms with van der Waals surface area (Å²) in [6.07, 6.45) is 5.35. The van der Waals surface area contributed by atoms with Crippen LogP contribution in [0.2, 0.25) is 0 Å². The van der Waals surface area contributed by atoms with Crippen LogP contribution in [0.25, 0.3) is 9.88 Å². The molecule has 1 N–H and O–H groups in total. The van der Waals surface area contributed by atoms with Crippen LogP contribution in [0.5, 0.6) is 0 Å². The number of pyridine rings is 1. The zero-order valence-corrected chi connectivity index (χ0v) is 17.5. The minimum absolute atomic E-state index is 0.0120. The van der Waals surface area contributed by atoms with Gasteiger partial charge in [-0.2, -0.15) is 0 Å². The average molecular weight is 427 g/mol. The minimum Gasteiger partial charge on any atom is -0.355 e. The van der Waals surface area contributed by atoms with E-state index in [1.54, 1.807) is 47.2 Å². The van der Waals surface area contributed by atoms with E-state index in [0.29, 0.717) is 38.0 Å². The summed E-state index contributed by atoms with van der Waals surface area (Å²) in [7, 11) is 0. The van der Waals surface area contributed by atoms with Crippen LogP contribution in [0, 0.1) is 5.92 Å². The Balaban J connectivity index is 1.21. The van der Waals surface area contributed by atoms with Gasteiger partial charge in [-0.25, -0.2) is 4.98 Å². The first kappa shape index (κ1) is 19.7. The van der Waals surface area contributed by atoms with E-state index < -0.39 is 0 Å². The molecular formula is C21H22N4O2S2. The molecule has 6 nitrogen and oxygen atoms in total. The molecule has 0 aromatic carbocycles. The molecule has 8 heteroatoms. The summed E-state index contributed by atoms with van der Waals surface area (Å²) in [5.74, 6) is 0.0271. The second kappa shape index (κ2) is 9.28. The highest BCUT2D eigenvalue weighted by molar-refractivity contribution is 7.20. The van der Waals surface area contributed by atoms with Gasteiger partial charge in [-0.15, -0.1) is 22.7 Å². The smallest absolute Gasteiger partial charge is 0.255 e. The number of hydrogen-bond donors (Lipinski definition) is 1. The number of amides is 2. The molecule has 0 aliphatic carbocycles. The van der Waals surface area contributed by atoms with Crippen molar-refractivity contribution in [2.75, 3.05) is 19.6 Å². The number of nitrogens with zero attached hydrogens (tertiary/aromatic N) is 3. The lowest BCUT2D eigenvalue weighted by atomic mass is 9.95. The fraction of sp³-hybridized carbons (Fsp3) is 0.333. The fourth-order valence-electron chi connectivity index (χ4n) is 3.41. The molecule has 1 aliphatic heterocycles. The van der Waals surface area contributed by atoms with Crippen molar-refractivity contribution in [2.45, 2.75) is 19.3 Å². The highest BCUT2D eigenvalue weighted by Crippen LogP contribution is 2.27. The summed E-state index contributed by atoms with van der Waals surface area (Å²) in [6.45, 7) is 1.78. The van der Waals surface area contributed by atoms with Crippen molar-refractivity contribution in [3.63, 3.8) is 0 Å². The molecule has 29 heavy (non-hydrogen) atoms. The van der Waals surface area contributed by atoms with Gasteiger partial charge in [0.15, 0.2) is 0 Å². The van der Waals surface area contributed by atoms with E-state index >= 15 is 0 Å². The molecule has 0 saturated carbocycles. The second-order valence-electron chi connectivity index (χ2n) is 6.97. The molecule has 0 unspecified atom stereocenters. The molecular weight excluding hydrogens is 404 g/mol. The van der Waals surface area contributed by atoms with Gasteiger partial charge in [-0.3, -0.25) is 14.6 Å². The summed E-state index contributed by atoms with van der Waals surface area (Å²) < 4.78 is 0. The first-order valence-corrected chi connectivity index (χ1v) is 11.4. The second-order valence-corrected chi connectivity index (χ2v) is 8.78. The van der Waals surface area contributed by atoms with Gasteiger partial charge in [0.1, 0.15) is 5.01 Å². The van der Waals surface area contributed by atoms with Gasteiger partial charge in [0, 0.05) is 49.7 Å². The third kappa shape index (κ3) is 4.89. The van der Waals surface area contributed by atoms with Gasteiger partial charge in [0.05, 0.1) is 16.1 Å². The van der Waals surface area contributed by atoms with Crippen LogP contribution in [0.1, 0.15) is 28.9 Å². The van der Waals surface area contributed by atoms with Crippen molar-refractivity contribution >= 4 is 34.5 Å². The van der Waals surface area contributed by atoms with E-state index in [2.05, 4.69) is 26.7 Å². The SMILES string of the molecule is O=C(NCCc1csc(-c2cccs2)n1)C1CCN(C(=O)c2cccnc2)CC1. The number of rotatable bonds is 6. The van der Waals surface area contributed by atoms with Crippen molar-refractivity contribution in [1.29, 1.82) is 0 Å². The molecule has 0 atom stereocenters. The molecule has 1 aliphatic rings. The van der Waals surface area contributed by atoms with E-state index in [-0.39, 0.29) is 17.7 Å². The molecule has 3 aromatic heterocycles. The number of likely N-dealkylation sites (tertiary alicyclic amines) is 1. The average Bonchev–Trinajstić information content (AvgIpc) is 3.46. The summed E-state index contributed by atoms with van der Waals surface area (Å²) in [5, 5.41) is 8.18. The van der Waals surface area contributed by atoms with Crippen LogP contribution < -0.4 is 5.32 Å². The minimum atomic E-state index is -0.0370. The Morgan fingerprint density at radius 3 is 2.76 bits per heavy atom. The molecule has 0 radical (unpaired) electrons. The fourth-order valence-corrected chi connectivity index (χ4v) is 5.08. The van der Waals surface area contributed by atoms with Crippen LogP contribution in [0.3, 0.4) is 0 Å². The maximum absolute atomic E-state index is 12.5. The molecule has 1 saturated heterocycles. The molecule has 4 rings (SSSR count). The number of hydrogen-bond acceptors (Lipinski definition) is 6. The lowest BCUT2D eigenvalue weighted by Crippen LogP contribution is -2.43. The van der Waals surface area contributed by atoms with Gasteiger partial charge in [-0.05, 0) is 36.4 Å². The van der Waals surface area contributed by atoms with E-state index in [0.717, 1.165) is 17.1 Å².